The third-order valence-corrected chi connectivity index (χ3v) is 4.82. The zero-order valence-electron chi connectivity index (χ0n) is 11.2. The Bertz CT molecular complexity index is 601. The lowest BCUT2D eigenvalue weighted by Gasteiger charge is -2.23. The largest absolute Gasteiger partial charge is 0.388 e. The second-order valence-electron chi connectivity index (χ2n) is 4.85. The second kappa shape index (κ2) is 6.85. The SMILES string of the molecule is Cc1cc(C(O)C(CN)c2cccc(Br)c2)ccc1Br. The van der Waals surface area contributed by atoms with E-state index in [2.05, 4.69) is 31.9 Å². The van der Waals surface area contributed by atoms with Crippen molar-refractivity contribution < 1.29 is 5.11 Å². The van der Waals surface area contributed by atoms with E-state index >= 15 is 0 Å². The maximum atomic E-state index is 10.6. The van der Waals surface area contributed by atoms with Crippen LogP contribution in [0, 0.1) is 6.92 Å². The number of benzene rings is 2. The molecule has 20 heavy (non-hydrogen) atoms. The molecule has 0 radical (unpaired) electrons. The quantitative estimate of drug-likeness (QED) is 0.806. The molecule has 3 N–H and O–H groups in total. The van der Waals surface area contributed by atoms with E-state index in [9.17, 15) is 5.11 Å². The highest BCUT2D eigenvalue weighted by molar-refractivity contribution is 9.10. The minimum Gasteiger partial charge on any atom is -0.388 e. The van der Waals surface area contributed by atoms with Crippen molar-refractivity contribution in [2.24, 2.45) is 5.73 Å². The lowest BCUT2D eigenvalue weighted by molar-refractivity contribution is 0.147. The number of halogens is 2. The van der Waals surface area contributed by atoms with Gasteiger partial charge in [-0.05, 0) is 41.8 Å². The molecule has 0 amide bonds. The highest BCUT2D eigenvalue weighted by Crippen LogP contribution is 2.32. The van der Waals surface area contributed by atoms with Crippen molar-refractivity contribution >= 4 is 31.9 Å². The van der Waals surface area contributed by atoms with Gasteiger partial charge in [0.2, 0.25) is 0 Å². The Kier molecular flexibility index (Phi) is 5.38. The number of hydrogen-bond donors (Lipinski definition) is 2. The molecule has 2 aromatic carbocycles. The maximum absolute atomic E-state index is 10.6. The second-order valence-corrected chi connectivity index (χ2v) is 6.62. The summed E-state index contributed by atoms with van der Waals surface area (Å²) in [6, 6.07) is 13.8. The molecule has 0 aliphatic carbocycles. The van der Waals surface area contributed by atoms with Crippen LogP contribution in [0.4, 0.5) is 0 Å². The number of nitrogens with two attached hydrogens (primary N) is 1. The van der Waals surface area contributed by atoms with E-state index in [0.29, 0.717) is 6.54 Å². The van der Waals surface area contributed by atoms with E-state index in [4.69, 9.17) is 5.73 Å². The summed E-state index contributed by atoms with van der Waals surface area (Å²) in [6.45, 7) is 2.41. The molecular formula is C16H17Br2NO. The normalized spacial score (nSPS) is 14.1. The summed E-state index contributed by atoms with van der Waals surface area (Å²) in [5.41, 5.74) is 8.91. The van der Waals surface area contributed by atoms with E-state index in [-0.39, 0.29) is 5.92 Å². The number of aliphatic hydroxyl groups excluding tert-OH is 1. The van der Waals surface area contributed by atoms with Crippen LogP contribution in [0.3, 0.4) is 0 Å². The van der Waals surface area contributed by atoms with E-state index in [1.54, 1.807) is 0 Å². The Morgan fingerprint density at radius 2 is 1.85 bits per heavy atom. The number of rotatable bonds is 4. The predicted octanol–water partition coefficient (Wildman–Crippen LogP) is 4.30. The molecule has 0 aliphatic heterocycles. The van der Waals surface area contributed by atoms with Crippen molar-refractivity contribution in [2.75, 3.05) is 6.54 Å². The van der Waals surface area contributed by atoms with Gasteiger partial charge in [0, 0.05) is 21.4 Å². The third kappa shape index (κ3) is 3.50. The van der Waals surface area contributed by atoms with E-state index in [1.165, 1.54) is 0 Å². The van der Waals surface area contributed by atoms with Crippen LogP contribution < -0.4 is 5.73 Å². The Balaban J connectivity index is 2.33. The molecule has 2 atom stereocenters. The summed E-state index contributed by atoms with van der Waals surface area (Å²) in [5, 5.41) is 10.6. The van der Waals surface area contributed by atoms with Crippen LogP contribution in [0.25, 0.3) is 0 Å². The first-order chi connectivity index (χ1) is 9.52. The number of hydrogen-bond acceptors (Lipinski definition) is 2. The molecule has 106 valence electrons. The van der Waals surface area contributed by atoms with Gasteiger partial charge < -0.3 is 10.8 Å². The van der Waals surface area contributed by atoms with Crippen LogP contribution in [0.15, 0.2) is 51.4 Å². The first-order valence-electron chi connectivity index (χ1n) is 6.42. The van der Waals surface area contributed by atoms with Gasteiger partial charge in [0.15, 0.2) is 0 Å². The zero-order valence-corrected chi connectivity index (χ0v) is 14.4. The highest BCUT2D eigenvalue weighted by Gasteiger charge is 2.22. The molecule has 2 unspecified atom stereocenters. The summed E-state index contributed by atoms with van der Waals surface area (Å²) in [6.07, 6.45) is -0.610. The lowest BCUT2D eigenvalue weighted by Crippen LogP contribution is -2.20. The van der Waals surface area contributed by atoms with Gasteiger partial charge in [-0.3, -0.25) is 0 Å². The van der Waals surface area contributed by atoms with Crippen molar-refractivity contribution in [1.29, 1.82) is 0 Å². The van der Waals surface area contributed by atoms with Gasteiger partial charge in [0.1, 0.15) is 0 Å². The van der Waals surface area contributed by atoms with Crippen LogP contribution in [0.1, 0.15) is 28.7 Å². The fraction of sp³-hybridized carbons (Fsp3) is 0.250. The molecule has 0 saturated heterocycles. The Labute approximate surface area is 136 Å². The maximum Gasteiger partial charge on any atom is 0.0870 e. The Morgan fingerprint density at radius 3 is 2.45 bits per heavy atom. The van der Waals surface area contributed by atoms with E-state index in [1.807, 2.05) is 49.4 Å². The average molecular weight is 399 g/mol. The molecule has 0 aliphatic rings. The molecule has 0 heterocycles. The van der Waals surface area contributed by atoms with Crippen molar-refractivity contribution in [3.8, 4) is 0 Å². The van der Waals surface area contributed by atoms with E-state index in [0.717, 1.165) is 25.6 Å². The summed E-state index contributed by atoms with van der Waals surface area (Å²) in [4.78, 5) is 0. The Morgan fingerprint density at radius 1 is 1.10 bits per heavy atom. The number of aliphatic hydroxyl groups is 1. The molecule has 0 aromatic heterocycles. The smallest absolute Gasteiger partial charge is 0.0870 e. The average Bonchev–Trinajstić information content (AvgIpc) is 2.42. The monoisotopic (exact) mass is 397 g/mol. The molecule has 0 spiro atoms. The van der Waals surface area contributed by atoms with Crippen molar-refractivity contribution in [2.45, 2.75) is 18.9 Å². The van der Waals surface area contributed by atoms with Crippen LogP contribution in [-0.2, 0) is 0 Å². The minimum atomic E-state index is -0.610. The fourth-order valence-corrected chi connectivity index (χ4v) is 2.93. The molecule has 0 fully saturated rings. The number of aryl methyl sites for hydroxylation is 1. The van der Waals surface area contributed by atoms with Gasteiger partial charge in [-0.15, -0.1) is 0 Å². The van der Waals surface area contributed by atoms with Gasteiger partial charge in [0.25, 0.3) is 0 Å². The van der Waals surface area contributed by atoms with Gasteiger partial charge in [-0.1, -0.05) is 56.1 Å². The van der Waals surface area contributed by atoms with Gasteiger partial charge in [0.05, 0.1) is 6.10 Å². The first kappa shape index (κ1) is 15.7. The molecule has 2 aromatic rings. The van der Waals surface area contributed by atoms with Crippen LogP contribution in [0.2, 0.25) is 0 Å². The first-order valence-corrected chi connectivity index (χ1v) is 8.01. The highest BCUT2D eigenvalue weighted by atomic mass is 79.9. The molecule has 4 heteroatoms. The van der Waals surface area contributed by atoms with Crippen LogP contribution >= 0.6 is 31.9 Å². The molecule has 2 rings (SSSR count). The summed E-state index contributed by atoms with van der Waals surface area (Å²) >= 11 is 6.93. The van der Waals surface area contributed by atoms with Crippen molar-refractivity contribution in [3.63, 3.8) is 0 Å². The summed E-state index contributed by atoms with van der Waals surface area (Å²) in [7, 11) is 0. The molecule has 2 nitrogen and oxygen atoms in total. The third-order valence-electron chi connectivity index (χ3n) is 3.44. The Hall–Kier alpha value is -0.680. The van der Waals surface area contributed by atoms with Gasteiger partial charge in [-0.2, -0.15) is 0 Å². The standard InChI is InChI=1S/C16H17Br2NO/c1-10-7-12(5-6-15(10)18)16(20)14(9-19)11-3-2-4-13(17)8-11/h2-8,14,16,20H,9,19H2,1H3. The lowest BCUT2D eigenvalue weighted by atomic mass is 9.89. The summed E-state index contributed by atoms with van der Waals surface area (Å²) < 4.78 is 2.04. The predicted molar refractivity (Wildman–Crippen MR) is 89.8 cm³/mol. The summed E-state index contributed by atoms with van der Waals surface area (Å²) in [5.74, 6) is -0.118. The van der Waals surface area contributed by atoms with Gasteiger partial charge in [-0.25, -0.2) is 0 Å². The van der Waals surface area contributed by atoms with Gasteiger partial charge >= 0.3 is 0 Å². The van der Waals surface area contributed by atoms with E-state index < -0.39 is 6.10 Å². The minimum absolute atomic E-state index is 0.118. The molecular weight excluding hydrogens is 382 g/mol. The molecule has 0 saturated carbocycles. The van der Waals surface area contributed by atoms with Crippen LogP contribution in [0.5, 0.6) is 0 Å². The zero-order chi connectivity index (χ0) is 14.7. The van der Waals surface area contributed by atoms with Crippen LogP contribution in [-0.4, -0.2) is 11.7 Å². The van der Waals surface area contributed by atoms with Crippen molar-refractivity contribution in [1.82, 2.24) is 0 Å². The fourth-order valence-electron chi connectivity index (χ4n) is 2.27. The van der Waals surface area contributed by atoms with Crippen molar-refractivity contribution in [3.05, 3.63) is 68.1 Å². The molecule has 0 bridgehead atoms. The topological polar surface area (TPSA) is 46.2 Å².